The molecule has 3 aromatic heterocycles. The normalized spacial score (nSPS) is 12.0. The summed E-state index contributed by atoms with van der Waals surface area (Å²) in [6.45, 7) is 2.29. The van der Waals surface area contributed by atoms with Crippen LogP contribution in [0.4, 0.5) is 0 Å². The van der Waals surface area contributed by atoms with Crippen LogP contribution in [-0.4, -0.2) is 13.7 Å². The van der Waals surface area contributed by atoms with E-state index in [4.69, 9.17) is 0 Å². The fourth-order valence-electron chi connectivity index (χ4n) is 7.83. The number of hydrogen-bond acceptors (Lipinski definition) is 0. The molecule has 0 radical (unpaired) electrons. The van der Waals surface area contributed by atoms with Crippen molar-refractivity contribution in [2.45, 2.75) is 6.92 Å². The molecule has 3 heteroatoms. The van der Waals surface area contributed by atoms with E-state index in [0.29, 0.717) is 0 Å². The minimum atomic E-state index is 1.14. The quantitative estimate of drug-likeness (QED) is 0.195. The molecule has 0 aliphatic carbocycles. The highest BCUT2D eigenvalue weighted by Gasteiger charge is 2.21. The summed E-state index contributed by atoms with van der Waals surface area (Å²) in [5.74, 6) is 0. The van der Waals surface area contributed by atoms with Crippen LogP contribution in [0.5, 0.6) is 0 Å². The first-order valence-corrected chi connectivity index (χ1v) is 15.9. The van der Waals surface area contributed by atoms with Crippen molar-refractivity contribution in [3.63, 3.8) is 0 Å². The van der Waals surface area contributed by atoms with Gasteiger partial charge in [0.2, 0.25) is 0 Å². The topological polar surface area (TPSA) is 14.8 Å². The molecule has 0 unspecified atom stereocenters. The van der Waals surface area contributed by atoms with E-state index in [1.807, 2.05) is 0 Å². The first kappa shape index (κ1) is 25.3. The molecule has 0 N–H and O–H groups in total. The molecule has 10 rings (SSSR count). The van der Waals surface area contributed by atoms with Gasteiger partial charge in [0.25, 0.3) is 0 Å². The number of aromatic nitrogens is 3. The zero-order valence-electron chi connectivity index (χ0n) is 25.4. The second-order valence-electron chi connectivity index (χ2n) is 12.2. The standard InChI is InChI=1S/C43H29N3/c1-28-42(45-38-22-10-4-16-32(38)33-17-5-11-23-39(33)45)26-29(44-36-20-8-2-14-30(36)31-15-3-9-21-37(31)44)27-43(28)46-40-24-12-6-18-34(40)35-19-7-13-25-41(35)46/h2-27H,1H3. The van der Waals surface area contributed by atoms with Crippen LogP contribution >= 0.6 is 0 Å². The maximum absolute atomic E-state index is 2.47. The van der Waals surface area contributed by atoms with Gasteiger partial charge in [-0.25, -0.2) is 0 Å². The summed E-state index contributed by atoms with van der Waals surface area (Å²) in [6, 6.07) is 57.5. The van der Waals surface area contributed by atoms with Crippen LogP contribution in [0.15, 0.2) is 158 Å². The van der Waals surface area contributed by atoms with Gasteiger partial charge in [-0.05, 0) is 61.0 Å². The lowest BCUT2D eigenvalue weighted by atomic mass is 10.1. The Morgan fingerprint density at radius 3 is 0.826 bits per heavy atom. The Morgan fingerprint density at radius 1 is 0.304 bits per heavy atom. The zero-order valence-corrected chi connectivity index (χ0v) is 25.4. The highest BCUT2D eigenvalue weighted by molar-refractivity contribution is 6.12. The van der Waals surface area contributed by atoms with E-state index in [9.17, 15) is 0 Å². The molecule has 0 fully saturated rings. The number of fused-ring (bicyclic) bond motifs is 9. The Balaban J connectivity index is 1.41. The predicted octanol–water partition coefficient (Wildman–Crippen LogP) is 11.3. The summed E-state index contributed by atoms with van der Waals surface area (Å²) < 4.78 is 7.38. The van der Waals surface area contributed by atoms with Gasteiger partial charge in [0.05, 0.1) is 50.2 Å². The summed E-state index contributed by atoms with van der Waals surface area (Å²) in [5, 5.41) is 7.57. The Bertz CT molecular complexity index is 2530. The van der Waals surface area contributed by atoms with Crippen molar-refractivity contribution in [3.8, 4) is 17.1 Å². The maximum atomic E-state index is 2.47. The lowest BCUT2D eigenvalue weighted by Crippen LogP contribution is -2.06. The maximum Gasteiger partial charge on any atom is 0.0541 e. The summed E-state index contributed by atoms with van der Waals surface area (Å²) in [6.07, 6.45) is 0. The minimum Gasteiger partial charge on any atom is -0.309 e. The highest BCUT2D eigenvalue weighted by atomic mass is 15.0. The molecule has 3 heterocycles. The van der Waals surface area contributed by atoms with E-state index in [-0.39, 0.29) is 0 Å². The van der Waals surface area contributed by atoms with Crippen molar-refractivity contribution in [1.29, 1.82) is 0 Å². The lowest BCUT2D eigenvalue weighted by molar-refractivity contribution is 1.07. The van der Waals surface area contributed by atoms with Crippen LogP contribution in [0.25, 0.3) is 82.5 Å². The SMILES string of the molecule is Cc1c(-n2c3ccccc3c3ccccc32)cc(-n2c3ccccc3c3ccccc32)cc1-n1c2ccccc2c2ccccc21. The highest BCUT2D eigenvalue weighted by Crippen LogP contribution is 2.40. The zero-order chi connectivity index (χ0) is 30.4. The summed E-state index contributed by atoms with van der Waals surface area (Å²) in [7, 11) is 0. The van der Waals surface area contributed by atoms with Crippen LogP contribution in [0.2, 0.25) is 0 Å². The third-order valence-electron chi connectivity index (χ3n) is 9.82. The van der Waals surface area contributed by atoms with Crippen molar-refractivity contribution in [3.05, 3.63) is 163 Å². The average molecular weight is 588 g/mol. The minimum absolute atomic E-state index is 1.14. The molecule has 0 saturated carbocycles. The average Bonchev–Trinajstić information content (AvgIpc) is 3.75. The smallest absolute Gasteiger partial charge is 0.0541 e. The van der Waals surface area contributed by atoms with Crippen molar-refractivity contribution < 1.29 is 0 Å². The third-order valence-corrected chi connectivity index (χ3v) is 9.82. The third kappa shape index (κ3) is 3.37. The molecular weight excluding hydrogens is 558 g/mol. The van der Waals surface area contributed by atoms with E-state index in [0.717, 1.165) is 5.69 Å². The second kappa shape index (κ2) is 9.47. The van der Waals surface area contributed by atoms with E-state index in [1.165, 1.54) is 82.4 Å². The van der Waals surface area contributed by atoms with Crippen molar-refractivity contribution in [2.75, 3.05) is 0 Å². The van der Waals surface area contributed by atoms with Crippen LogP contribution < -0.4 is 0 Å². The monoisotopic (exact) mass is 587 g/mol. The molecule has 0 atom stereocenters. The largest absolute Gasteiger partial charge is 0.309 e. The van der Waals surface area contributed by atoms with Gasteiger partial charge < -0.3 is 13.7 Å². The van der Waals surface area contributed by atoms with E-state index in [1.54, 1.807) is 0 Å². The van der Waals surface area contributed by atoms with Gasteiger partial charge in [-0.15, -0.1) is 0 Å². The predicted molar refractivity (Wildman–Crippen MR) is 194 cm³/mol. The van der Waals surface area contributed by atoms with Gasteiger partial charge in [0.1, 0.15) is 0 Å². The van der Waals surface area contributed by atoms with E-state index < -0.39 is 0 Å². The Hall–Kier alpha value is -6.06. The van der Waals surface area contributed by atoms with Gasteiger partial charge in [0, 0.05) is 32.3 Å². The van der Waals surface area contributed by atoms with Gasteiger partial charge >= 0.3 is 0 Å². The fraction of sp³-hybridized carbons (Fsp3) is 0.0233. The first-order chi connectivity index (χ1) is 22.8. The number of nitrogens with zero attached hydrogens (tertiary/aromatic N) is 3. The molecule has 0 aliphatic heterocycles. The fourth-order valence-corrected chi connectivity index (χ4v) is 7.83. The summed E-state index contributed by atoms with van der Waals surface area (Å²) in [4.78, 5) is 0. The van der Waals surface area contributed by atoms with Crippen LogP contribution in [-0.2, 0) is 0 Å². The van der Waals surface area contributed by atoms with Gasteiger partial charge in [-0.2, -0.15) is 0 Å². The van der Waals surface area contributed by atoms with Gasteiger partial charge in [-0.3, -0.25) is 0 Å². The van der Waals surface area contributed by atoms with Crippen molar-refractivity contribution in [2.24, 2.45) is 0 Å². The summed E-state index contributed by atoms with van der Waals surface area (Å²) in [5.41, 5.74) is 11.9. The molecule has 7 aromatic carbocycles. The Labute approximate surface area is 265 Å². The van der Waals surface area contributed by atoms with Crippen LogP contribution in [0.1, 0.15) is 5.56 Å². The molecule has 0 aliphatic rings. The number of rotatable bonds is 3. The molecular formula is C43H29N3. The van der Waals surface area contributed by atoms with E-state index >= 15 is 0 Å². The van der Waals surface area contributed by atoms with Crippen molar-refractivity contribution >= 4 is 65.4 Å². The molecule has 0 saturated heterocycles. The Kier molecular flexibility index (Phi) is 5.20. The molecule has 46 heavy (non-hydrogen) atoms. The molecule has 216 valence electrons. The molecule has 0 spiro atoms. The number of para-hydroxylation sites is 6. The van der Waals surface area contributed by atoms with Crippen LogP contribution in [0, 0.1) is 6.92 Å². The Morgan fingerprint density at radius 2 is 0.543 bits per heavy atom. The first-order valence-electron chi connectivity index (χ1n) is 15.9. The molecule has 3 nitrogen and oxygen atoms in total. The number of hydrogen-bond donors (Lipinski definition) is 0. The van der Waals surface area contributed by atoms with Gasteiger partial charge in [-0.1, -0.05) is 109 Å². The van der Waals surface area contributed by atoms with E-state index in [2.05, 4.69) is 178 Å². The van der Waals surface area contributed by atoms with Gasteiger partial charge in [0.15, 0.2) is 0 Å². The summed E-state index contributed by atoms with van der Waals surface area (Å²) >= 11 is 0. The molecule has 0 amide bonds. The molecule has 10 aromatic rings. The lowest BCUT2D eigenvalue weighted by Gasteiger charge is -2.20. The van der Waals surface area contributed by atoms with Crippen LogP contribution in [0.3, 0.4) is 0 Å². The number of benzene rings is 7. The molecule has 0 bridgehead atoms. The second-order valence-corrected chi connectivity index (χ2v) is 12.2. The van der Waals surface area contributed by atoms with Crippen molar-refractivity contribution in [1.82, 2.24) is 13.7 Å².